The van der Waals surface area contributed by atoms with Crippen LogP contribution in [0, 0.1) is 13.8 Å². The number of amides is 1. The van der Waals surface area contributed by atoms with E-state index in [0.717, 1.165) is 16.4 Å². The van der Waals surface area contributed by atoms with Gasteiger partial charge in [0.1, 0.15) is 0 Å². The molecule has 2 N–H and O–H groups in total. The van der Waals surface area contributed by atoms with Gasteiger partial charge in [-0.2, -0.15) is 0 Å². The highest BCUT2D eigenvalue weighted by atomic mass is 32.2. The van der Waals surface area contributed by atoms with Crippen LogP contribution >= 0.6 is 11.8 Å². The van der Waals surface area contributed by atoms with Gasteiger partial charge in [0.05, 0.1) is 24.1 Å². The van der Waals surface area contributed by atoms with Crippen molar-refractivity contribution >= 4 is 17.7 Å². The minimum Gasteiger partial charge on any atom is -0.394 e. The SMILES string of the molecule is COCC[C@@H](CO)NC(=O)CSc1nccn1-c1cc(C)ccc1C. The lowest BCUT2D eigenvalue weighted by Crippen LogP contribution is -2.39. The number of hydrogen-bond donors (Lipinski definition) is 2. The molecule has 0 aliphatic rings. The molecule has 6 nitrogen and oxygen atoms in total. The predicted octanol–water partition coefficient (Wildman–Crippen LogP) is 2.09. The number of aliphatic hydroxyl groups excluding tert-OH is 1. The first-order chi connectivity index (χ1) is 12.0. The van der Waals surface area contributed by atoms with E-state index in [1.807, 2.05) is 10.8 Å². The number of benzene rings is 1. The number of hydrogen-bond acceptors (Lipinski definition) is 5. The molecule has 0 unspecified atom stereocenters. The average Bonchev–Trinajstić information content (AvgIpc) is 3.07. The molecule has 0 fully saturated rings. The Morgan fingerprint density at radius 3 is 2.96 bits per heavy atom. The van der Waals surface area contributed by atoms with E-state index in [9.17, 15) is 9.90 Å². The number of carbonyl (C=O) groups excluding carboxylic acids is 1. The van der Waals surface area contributed by atoms with Crippen molar-refractivity contribution in [2.24, 2.45) is 0 Å². The summed E-state index contributed by atoms with van der Waals surface area (Å²) in [4.78, 5) is 16.5. The molecule has 2 aromatic rings. The number of aromatic nitrogens is 2. The standard InChI is InChI=1S/C18H25N3O3S/c1-13-4-5-14(2)16(10-13)21-8-7-19-18(21)25-12-17(23)20-15(11-22)6-9-24-3/h4-5,7-8,10,15,22H,6,9,11-12H2,1-3H3,(H,20,23)/t15-/m0/s1. The van der Waals surface area contributed by atoms with E-state index in [4.69, 9.17) is 4.74 Å². The first kappa shape index (κ1) is 19.5. The topological polar surface area (TPSA) is 76.4 Å². The number of ether oxygens (including phenoxy) is 1. The number of thioether (sulfide) groups is 1. The van der Waals surface area contributed by atoms with Crippen LogP contribution in [0.15, 0.2) is 35.7 Å². The molecule has 0 aliphatic heterocycles. The molecule has 1 heterocycles. The number of carbonyl (C=O) groups is 1. The maximum absolute atomic E-state index is 12.1. The smallest absolute Gasteiger partial charge is 0.230 e. The van der Waals surface area contributed by atoms with Crippen molar-refractivity contribution in [3.05, 3.63) is 41.7 Å². The number of nitrogens with zero attached hydrogens (tertiary/aromatic N) is 2. The van der Waals surface area contributed by atoms with Crippen molar-refractivity contribution in [2.45, 2.75) is 31.5 Å². The van der Waals surface area contributed by atoms with Gasteiger partial charge in [-0.25, -0.2) is 4.98 Å². The summed E-state index contributed by atoms with van der Waals surface area (Å²) in [6.07, 6.45) is 4.22. The molecule has 1 aromatic carbocycles. The first-order valence-corrected chi connectivity index (χ1v) is 9.16. The van der Waals surface area contributed by atoms with Gasteiger partial charge in [-0.1, -0.05) is 23.9 Å². The Morgan fingerprint density at radius 2 is 2.24 bits per heavy atom. The summed E-state index contributed by atoms with van der Waals surface area (Å²) >= 11 is 1.37. The zero-order valence-corrected chi connectivity index (χ0v) is 15.7. The van der Waals surface area contributed by atoms with Crippen LogP contribution in [0.3, 0.4) is 0 Å². The highest BCUT2D eigenvalue weighted by Gasteiger charge is 2.14. The lowest BCUT2D eigenvalue weighted by atomic mass is 10.1. The van der Waals surface area contributed by atoms with Gasteiger partial charge in [0, 0.05) is 26.1 Å². The Hall–Kier alpha value is -1.83. The lowest BCUT2D eigenvalue weighted by molar-refractivity contribution is -0.119. The van der Waals surface area contributed by atoms with Crippen LogP contribution in [0.5, 0.6) is 0 Å². The fourth-order valence-electron chi connectivity index (χ4n) is 2.43. The molecule has 1 amide bonds. The third-order valence-electron chi connectivity index (χ3n) is 3.82. The molecule has 0 spiro atoms. The molecule has 0 bridgehead atoms. The van der Waals surface area contributed by atoms with E-state index < -0.39 is 0 Å². The van der Waals surface area contributed by atoms with Crippen molar-refractivity contribution in [1.29, 1.82) is 0 Å². The van der Waals surface area contributed by atoms with Crippen molar-refractivity contribution in [2.75, 3.05) is 26.1 Å². The number of aliphatic hydroxyl groups is 1. The van der Waals surface area contributed by atoms with E-state index in [2.05, 4.69) is 42.3 Å². The number of imidazole rings is 1. The van der Waals surface area contributed by atoms with Gasteiger partial charge in [0.15, 0.2) is 5.16 Å². The second-order valence-electron chi connectivity index (χ2n) is 5.89. The van der Waals surface area contributed by atoms with Gasteiger partial charge >= 0.3 is 0 Å². The summed E-state index contributed by atoms with van der Waals surface area (Å²) in [7, 11) is 1.60. The monoisotopic (exact) mass is 363 g/mol. The van der Waals surface area contributed by atoms with Gasteiger partial charge in [-0.05, 0) is 37.5 Å². The summed E-state index contributed by atoms with van der Waals surface area (Å²) in [6.45, 7) is 4.50. The van der Waals surface area contributed by atoms with E-state index in [-0.39, 0.29) is 24.3 Å². The molecule has 1 aromatic heterocycles. The predicted molar refractivity (Wildman–Crippen MR) is 99.3 cm³/mol. The summed E-state index contributed by atoms with van der Waals surface area (Å²) in [5.74, 6) is 0.112. The Kier molecular flexibility index (Phi) is 7.49. The van der Waals surface area contributed by atoms with Crippen LogP contribution in [0.25, 0.3) is 5.69 Å². The normalized spacial score (nSPS) is 12.2. The number of aryl methyl sites for hydroxylation is 2. The van der Waals surface area contributed by atoms with Gasteiger partial charge < -0.3 is 15.2 Å². The molecule has 0 saturated heterocycles. The minimum absolute atomic E-state index is 0.100. The van der Waals surface area contributed by atoms with E-state index in [1.165, 1.54) is 17.3 Å². The fraction of sp³-hybridized carbons (Fsp3) is 0.444. The van der Waals surface area contributed by atoms with Gasteiger partial charge in [-0.3, -0.25) is 9.36 Å². The van der Waals surface area contributed by atoms with E-state index in [1.54, 1.807) is 13.3 Å². The van der Waals surface area contributed by atoms with Crippen molar-refractivity contribution in [1.82, 2.24) is 14.9 Å². The maximum Gasteiger partial charge on any atom is 0.230 e. The summed E-state index contributed by atoms with van der Waals surface area (Å²) in [5, 5.41) is 12.9. The van der Waals surface area contributed by atoms with Crippen LogP contribution in [0.4, 0.5) is 0 Å². The molecular weight excluding hydrogens is 338 g/mol. The molecule has 0 saturated carbocycles. The van der Waals surface area contributed by atoms with Gasteiger partial charge in [0.25, 0.3) is 0 Å². The molecule has 1 atom stereocenters. The van der Waals surface area contributed by atoms with Crippen molar-refractivity contribution in [3.63, 3.8) is 0 Å². The second kappa shape index (κ2) is 9.60. The maximum atomic E-state index is 12.1. The molecule has 2 rings (SSSR count). The van der Waals surface area contributed by atoms with Crippen molar-refractivity contribution < 1.29 is 14.6 Å². The number of methoxy groups -OCH3 is 1. The Morgan fingerprint density at radius 1 is 1.44 bits per heavy atom. The van der Waals surface area contributed by atoms with Gasteiger partial charge in [0.2, 0.25) is 5.91 Å². The van der Waals surface area contributed by atoms with E-state index >= 15 is 0 Å². The summed E-state index contributed by atoms with van der Waals surface area (Å²) < 4.78 is 6.97. The van der Waals surface area contributed by atoms with Crippen LogP contribution in [0.1, 0.15) is 17.5 Å². The molecule has 25 heavy (non-hydrogen) atoms. The van der Waals surface area contributed by atoms with Crippen LogP contribution in [-0.4, -0.2) is 52.7 Å². The quantitative estimate of drug-likeness (QED) is 0.667. The van der Waals surface area contributed by atoms with Crippen LogP contribution < -0.4 is 5.32 Å². The third-order valence-corrected chi connectivity index (χ3v) is 4.79. The van der Waals surface area contributed by atoms with Gasteiger partial charge in [-0.15, -0.1) is 0 Å². The average molecular weight is 363 g/mol. The number of rotatable bonds is 9. The Bertz CT molecular complexity index is 703. The highest BCUT2D eigenvalue weighted by Crippen LogP contribution is 2.23. The number of nitrogens with one attached hydrogen (secondary N) is 1. The summed E-state index contributed by atoms with van der Waals surface area (Å²) in [6, 6.07) is 5.97. The Balaban J connectivity index is 1.99. The minimum atomic E-state index is -0.285. The van der Waals surface area contributed by atoms with Crippen LogP contribution in [0.2, 0.25) is 0 Å². The highest BCUT2D eigenvalue weighted by molar-refractivity contribution is 7.99. The largest absolute Gasteiger partial charge is 0.394 e. The third kappa shape index (κ3) is 5.59. The molecule has 136 valence electrons. The Labute approximate surface area is 152 Å². The first-order valence-electron chi connectivity index (χ1n) is 8.18. The lowest BCUT2D eigenvalue weighted by Gasteiger charge is -2.16. The molecule has 7 heteroatoms. The molecule has 0 radical (unpaired) electrons. The zero-order chi connectivity index (χ0) is 18.2. The molecular formula is C18H25N3O3S. The van der Waals surface area contributed by atoms with E-state index in [0.29, 0.717) is 13.0 Å². The van der Waals surface area contributed by atoms with Crippen molar-refractivity contribution in [3.8, 4) is 5.69 Å². The molecule has 0 aliphatic carbocycles. The second-order valence-corrected chi connectivity index (χ2v) is 6.83. The zero-order valence-electron chi connectivity index (χ0n) is 14.9. The fourth-order valence-corrected chi connectivity index (χ4v) is 3.20. The van der Waals surface area contributed by atoms with Crippen LogP contribution in [-0.2, 0) is 9.53 Å². The summed E-state index contributed by atoms with van der Waals surface area (Å²) in [5.41, 5.74) is 3.38.